The molecule has 2 aliphatic rings. The molecule has 0 bridgehead atoms. The number of hydrogen-bond acceptors (Lipinski definition) is 2. The van der Waals surface area contributed by atoms with Gasteiger partial charge in [0.15, 0.2) is 0 Å². The van der Waals surface area contributed by atoms with Gasteiger partial charge in [-0.25, -0.2) is 0 Å². The second-order valence-electron chi connectivity index (χ2n) is 6.08. The van der Waals surface area contributed by atoms with Crippen LogP contribution in [-0.2, 0) is 13.0 Å². The fraction of sp³-hybridized carbons (Fsp3) is 0.412. The standard InChI is InChI=1S/C17H19N3O/c21-17-15-11-20(19-16(15)7-4-8-18-17)10-13-9-14(13)12-5-2-1-3-6-12/h1-3,5-6,11,13-14H,4,7-10H2,(H,18,21)/t13-,14-/m0/s1. The van der Waals surface area contributed by atoms with Gasteiger partial charge in [0.25, 0.3) is 5.91 Å². The maximum atomic E-state index is 11.9. The van der Waals surface area contributed by atoms with Crippen LogP contribution in [0.1, 0.15) is 40.4 Å². The number of fused-ring (bicyclic) bond motifs is 1. The number of carbonyl (C=O) groups excluding carboxylic acids is 1. The fourth-order valence-corrected chi connectivity index (χ4v) is 3.28. The van der Waals surface area contributed by atoms with Gasteiger partial charge in [-0.15, -0.1) is 0 Å². The molecule has 21 heavy (non-hydrogen) atoms. The summed E-state index contributed by atoms with van der Waals surface area (Å²) in [5, 5.41) is 7.55. The van der Waals surface area contributed by atoms with Crippen molar-refractivity contribution in [1.82, 2.24) is 15.1 Å². The van der Waals surface area contributed by atoms with E-state index in [2.05, 4.69) is 40.7 Å². The minimum absolute atomic E-state index is 0.0316. The largest absolute Gasteiger partial charge is 0.352 e. The molecule has 2 aromatic rings. The summed E-state index contributed by atoms with van der Waals surface area (Å²) in [6.45, 7) is 1.67. The Bertz CT molecular complexity index is 662. The molecule has 4 nitrogen and oxygen atoms in total. The summed E-state index contributed by atoms with van der Waals surface area (Å²) < 4.78 is 1.98. The molecule has 1 aromatic carbocycles. The number of carbonyl (C=O) groups is 1. The number of amides is 1. The highest BCUT2D eigenvalue weighted by Crippen LogP contribution is 2.48. The monoisotopic (exact) mass is 281 g/mol. The van der Waals surface area contributed by atoms with Crippen molar-refractivity contribution < 1.29 is 4.79 Å². The molecule has 1 amide bonds. The summed E-state index contributed by atoms with van der Waals surface area (Å²) in [4.78, 5) is 11.9. The lowest BCUT2D eigenvalue weighted by atomic mass is 10.1. The zero-order chi connectivity index (χ0) is 14.2. The molecule has 1 aliphatic heterocycles. The smallest absolute Gasteiger partial charge is 0.254 e. The van der Waals surface area contributed by atoms with Crippen LogP contribution in [0, 0.1) is 5.92 Å². The molecular weight excluding hydrogens is 262 g/mol. The van der Waals surface area contributed by atoms with Crippen LogP contribution >= 0.6 is 0 Å². The maximum Gasteiger partial charge on any atom is 0.254 e. The van der Waals surface area contributed by atoms with E-state index in [1.165, 1.54) is 12.0 Å². The van der Waals surface area contributed by atoms with Crippen LogP contribution in [0.5, 0.6) is 0 Å². The molecule has 0 spiro atoms. The first-order chi connectivity index (χ1) is 10.3. The van der Waals surface area contributed by atoms with Crippen molar-refractivity contribution in [3.05, 3.63) is 53.3 Å². The molecule has 0 saturated heterocycles. The predicted molar refractivity (Wildman–Crippen MR) is 80.2 cm³/mol. The number of benzene rings is 1. The molecule has 2 heterocycles. The Morgan fingerprint density at radius 1 is 1.29 bits per heavy atom. The van der Waals surface area contributed by atoms with Crippen molar-refractivity contribution in [2.45, 2.75) is 31.7 Å². The van der Waals surface area contributed by atoms with E-state index >= 15 is 0 Å². The van der Waals surface area contributed by atoms with Crippen LogP contribution in [-0.4, -0.2) is 22.2 Å². The second kappa shape index (κ2) is 5.02. The Labute approximate surface area is 124 Å². The second-order valence-corrected chi connectivity index (χ2v) is 6.08. The van der Waals surface area contributed by atoms with Crippen molar-refractivity contribution in [1.29, 1.82) is 0 Å². The first-order valence-corrected chi connectivity index (χ1v) is 7.71. The van der Waals surface area contributed by atoms with E-state index in [-0.39, 0.29) is 5.91 Å². The van der Waals surface area contributed by atoms with E-state index in [0.717, 1.165) is 37.2 Å². The molecule has 4 heteroatoms. The highest BCUT2D eigenvalue weighted by atomic mass is 16.1. The molecule has 2 atom stereocenters. The third-order valence-electron chi connectivity index (χ3n) is 4.53. The van der Waals surface area contributed by atoms with Gasteiger partial charge in [0.1, 0.15) is 0 Å². The van der Waals surface area contributed by atoms with Gasteiger partial charge in [-0.1, -0.05) is 30.3 Å². The minimum Gasteiger partial charge on any atom is -0.352 e. The number of nitrogens with zero attached hydrogens (tertiary/aromatic N) is 2. The van der Waals surface area contributed by atoms with Crippen LogP contribution in [0.25, 0.3) is 0 Å². The van der Waals surface area contributed by atoms with E-state index in [1.54, 1.807) is 0 Å². The van der Waals surface area contributed by atoms with Crippen LogP contribution in [0.2, 0.25) is 0 Å². The van der Waals surface area contributed by atoms with Gasteiger partial charge in [-0.2, -0.15) is 5.10 Å². The molecule has 4 rings (SSSR count). The average molecular weight is 281 g/mol. The third kappa shape index (κ3) is 2.46. The Balaban J connectivity index is 1.47. The quantitative estimate of drug-likeness (QED) is 0.939. The lowest BCUT2D eigenvalue weighted by molar-refractivity contribution is 0.0956. The predicted octanol–water partition coefficient (Wildman–Crippen LogP) is 2.36. The summed E-state index contributed by atoms with van der Waals surface area (Å²) in [6, 6.07) is 10.7. The van der Waals surface area contributed by atoms with E-state index in [4.69, 9.17) is 0 Å². The van der Waals surface area contributed by atoms with Gasteiger partial charge in [-0.05, 0) is 36.7 Å². The summed E-state index contributed by atoms with van der Waals surface area (Å²) in [5.74, 6) is 1.34. The molecular formula is C17H19N3O. The fourth-order valence-electron chi connectivity index (χ4n) is 3.28. The van der Waals surface area contributed by atoms with E-state index in [9.17, 15) is 4.79 Å². The van der Waals surface area contributed by atoms with Crippen LogP contribution in [0.15, 0.2) is 36.5 Å². The summed E-state index contributed by atoms with van der Waals surface area (Å²) >= 11 is 0. The first kappa shape index (κ1) is 12.6. The number of nitrogens with one attached hydrogen (secondary N) is 1. The van der Waals surface area contributed by atoms with Gasteiger partial charge in [-0.3, -0.25) is 9.48 Å². The summed E-state index contributed by atoms with van der Waals surface area (Å²) in [7, 11) is 0. The van der Waals surface area contributed by atoms with Crippen molar-refractivity contribution in [2.24, 2.45) is 5.92 Å². The lowest BCUT2D eigenvalue weighted by Crippen LogP contribution is -2.22. The van der Waals surface area contributed by atoms with Crippen LogP contribution in [0.3, 0.4) is 0 Å². The van der Waals surface area contributed by atoms with Gasteiger partial charge in [0.05, 0.1) is 11.3 Å². The van der Waals surface area contributed by atoms with Gasteiger partial charge in [0, 0.05) is 19.3 Å². The molecule has 0 radical (unpaired) electrons. The van der Waals surface area contributed by atoms with E-state index < -0.39 is 0 Å². The number of aromatic nitrogens is 2. The van der Waals surface area contributed by atoms with Gasteiger partial charge < -0.3 is 5.32 Å². The first-order valence-electron chi connectivity index (χ1n) is 7.71. The van der Waals surface area contributed by atoms with E-state index in [1.807, 2.05) is 10.9 Å². The molecule has 1 aromatic heterocycles. The Morgan fingerprint density at radius 2 is 2.14 bits per heavy atom. The molecule has 1 saturated carbocycles. The van der Waals surface area contributed by atoms with Crippen LogP contribution < -0.4 is 5.32 Å². The van der Waals surface area contributed by atoms with Crippen LogP contribution in [0.4, 0.5) is 0 Å². The van der Waals surface area contributed by atoms with Crippen molar-refractivity contribution in [2.75, 3.05) is 6.54 Å². The van der Waals surface area contributed by atoms with Crippen molar-refractivity contribution in [3.8, 4) is 0 Å². The molecule has 1 N–H and O–H groups in total. The molecule has 1 aliphatic carbocycles. The SMILES string of the molecule is O=C1NCCCc2nn(C[C@@H]3C[C@H]3c3ccccc3)cc21. The number of hydrogen-bond donors (Lipinski definition) is 1. The summed E-state index contributed by atoms with van der Waals surface area (Å²) in [6.07, 6.45) is 5.02. The Hall–Kier alpha value is -2.10. The maximum absolute atomic E-state index is 11.9. The Kier molecular flexibility index (Phi) is 3.02. The zero-order valence-electron chi connectivity index (χ0n) is 12.0. The minimum atomic E-state index is 0.0316. The number of aryl methyl sites for hydroxylation is 1. The molecule has 108 valence electrons. The summed E-state index contributed by atoms with van der Waals surface area (Å²) in [5.41, 5.74) is 3.15. The number of rotatable bonds is 3. The van der Waals surface area contributed by atoms with Crippen molar-refractivity contribution >= 4 is 5.91 Å². The normalized spacial score (nSPS) is 24.1. The van der Waals surface area contributed by atoms with Gasteiger partial charge >= 0.3 is 0 Å². The molecule has 0 unspecified atom stereocenters. The average Bonchev–Trinajstić information content (AvgIpc) is 3.19. The third-order valence-corrected chi connectivity index (χ3v) is 4.53. The topological polar surface area (TPSA) is 46.9 Å². The van der Waals surface area contributed by atoms with Crippen molar-refractivity contribution in [3.63, 3.8) is 0 Å². The Morgan fingerprint density at radius 3 is 3.00 bits per heavy atom. The lowest BCUT2D eigenvalue weighted by Gasteiger charge is -2.02. The van der Waals surface area contributed by atoms with E-state index in [0.29, 0.717) is 11.8 Å². The van der Waals surface area contributed by atoms with Gasteiger partial charge in [0.2, 0.25) is 0 Å². The highest BCUT2D eigenvalue weighted by Gasteiger charge is 2.38. The molecule has 1 fully saturated rings. The zero-order valence-corrected chi connectivity index (χ0v) is 12.0. The highest BCUT2D eigenvalue weighted by molar-refractivity contribution is 5.95.